The Labute approximate surface area is 137 Å². The van der Waals surface area contributed by atoms with Crippen molar-refractivity contribution in [3.63, 3.8) is 0 Å². The molecule has 2 aliphatic rings. The van der Waals surface area contributed by atoms with E-state index in [4.69, 9.17) is 4.74 Å². The third kappa shape index (κ3) is 4.58. The number of pyridine rings is 1. The van der Waals surface area contributed by atoms with Crippen molar-refractivity contribution in [1.29, 1.82) is 0 Å². The van der Waals surface area contributed by atoms with Gasteiger partial charge in [0.2, 0.25) is 5.88 Å². The molecule has 2 N–H and O–H groups in total. The van der Waals surface area contributed by atoms with Gasteiger partial charge in [-0.3, -0.25) is 4.90 Å². The van der Waals surface area contributed by atoms with Gasteiger partial charge in [0.15, 0.2) is 0 Å². The van der Waals surface area contributed by atoms with Crippen LogP contribution in [-0.2, 0) is 6.54 Å². The summed E-state index contributed by atoms with van der Waals surface area (Å²) >= 11 is 0. The standard InChI is InChI=1S/C17H26N4O2/c1-23-16-7-6-13(10-18-16)11-21-9-8-15(12-21)20-17(22)19-14-4-2-3-5-14/h6-7,10,14-15H,2-5,8-9,11-12H2,1H3,(H2,19,20,22). The van der Waals surface area contributed by atoms with Crippen LogP contribution in [0.15, 0.2) is 18.3 Å². The van der Waals surface area contributed by atoms with Crippen molar-refractivity contribution in [1.82, 2.24) is 20.5 Å². The van der Waals surface area contributed by atoms with Gasteiger partial charge < -0.3 is 15.4 Å². The van der Waals surface area contributed by atoms with E-state index in [1.165, 1.54) is 18.4 Å². The van der Waals surface area contributed by atoms with Gasteiger partial charge in [-0.25, -0.2) is 9.78 Å². The minimum absolute atomic E-state index is 0.00476. The lowest BCUT2D eigenvalue weighted by Gasteiger charge is -2.18. The molecule has 1 aromatic rings. The average molecular weight is 318 g/mol. The molecule has 6 nitrogen and oxygen atoms in total. The summed E-state index contributed by atoms with van der Waals surface area (Å²) in [5, 5.41) is 6.20. The van der Waals surface area contributed by atoms with E-state index in [9.17, 15) is 4.79 Å². The summed E-state index contributed by atoms with van der Waals surface area (Å²) in [4.78, 5) is 18.6. The Hall–Kier alpha value is -1.82. The minimum atomic E-state index is -0.00476. The Morgan fingerprint density at radius 1 is 1.26 bits per heavy atom. The van der Waals surface area contributed by atoms with Crippen molar-refractivity contribution >= 4 is 6.03 Å². The van der Waals surface area contributed by atoms with Crippen LogP contribution in [0.1, 0.15) is 37.7 Å². The van der Waals surface area contributed by atoms with Gasteiger partial charge in [0.05, 0.1) is 7.11 Å². The molecule has 1 aromatic heterocycles. The summed E-state index contributed by atoms with van der Waals surface area (Å²) in [6.07, 6.45) is 7.56. The maximum atomic E-state index is 12.0. The van der Waals surface area contributed by atoms with Crippen LogP contribution < -0.4 is 15.4 Å². The van der Waals surface area contributed by atoms with Gasteiger partial charge in [0.25, 0.3) is 0 Å². The summed E-state index contributed by atoms with van der Waals surface area (Å²) in [5.74, 6) is 0.637. The molecule has 0 bridgehead atoms. The van der Waals surface area contributed by atoms with Gasteiger partial charge >= 0.3 is 6.03 Å². The van der Waals surface area contributed by atoms with E-state index in [2.05, 4.69) is 20.5 Å². The van der Waals surface area contributed by atoms with E-state index in [-0.39, 0.29) is 12.1 Å². The van der Waals surface area contributed by atoms with Crippen molar-refractivity contribution < 1.29 is 9.53 Å². The first kappa shape index (κ1) is 16.1. The monoisotopic (exact) mass is 318 g/mol. The highest BCUT2D eigenvalue weighted by molar-refractivity contribution is 5.74. The zero-order chi connectivity index (χ0) is 16.1. The molecule has 6 heteroatoms. The van der Waals surface area contributed by atoms with E-state index < -0.39 is 0 Å². The Morgan fingerprint density at radius 2 is 2.04 bits per heavy atom. The summed E-state index contributed by atoms with van der Waals surface area (Å²) in [7, 11) is 1.62. The number of carbonyl (C=O) groups is 1. The predicted octanol–water partition coefficient (Wildman–Crippen LogP) is 1.91. The molecule has 1 aliphatic carbocycles. The zero-order valence-corrected chi connectivity index (χ0v) is 13.8. The second kappa shape index (κ2) is 7.64. The normalized spacial score (nSPS) is 22.2. The number of amides is 2. The Kier molecular flexibility index (Phi) is 5.33. The Morgan fingerprint density at radius 3 is 2.74 bits per heavy atom. The van der Waals surface area contributed by atoms with E-state index >= 15 is 0 Å². The van der Waals surface area contributed by atoms with Crippen LogP contribution in [0.2, 0.25) is 0 Å². The number of likely N-dealkylation sites (tertiary alicyclic amines) is 1. The maximum absolute atomic E-state index is 12.0. The number of aromatic nitrogens is 1. The molecule has 0 radical (unpaired) electrons. The molecule has 0 aromatic carbocycles. The van der Waals surface area contributed by atoms with Crippen LogP contribution in [0.4, 0.5) is 4.79 Å². The van der Waals surface area contributed by atoms with Gasteiger partial charge in [-0.15, -0.1) is 0 Å². The summed E-state index contributed by atoms with van der Waals surface area (Å²) < 4.78 is 5.08. The van der Waals surface area contributed by atoms with E-state index in [1.54, 1.807) is 7.11 Å². The number of nitrogens with zero attached hydrogens (tertiary/aromatic N) is 2. The maximum Gasteiger partial charge on any atom is 0.315 e. The van der Waals surface area contributed by atoms with Gasteiger partial charge in [-0.2, -0.15) is 0 Å². The lowest BCUT2D eigenvalue weighted by molar-refractivity contribution is 0.232. The number of hydrogen-bond donors (Lipinski definition) is 2. The molecule has 2 fully saturated rings. The topological polar surface area (TPSA) is 66.5 Å². The van der Waals surface area contributed by atoms with Crippen LogP contribution in [0, 0.1) is 0 Å². The fraction of sp³-hybridized carbons (Fsp3) is 0.647. The van der Waals surface area contributed by atoms with Crippen molar-refractivity contribution in [3.8, 4) is 5.88 Å². The summed E-state index contributed by atoms with van der Waals surface area (Å²) in [5.41, 5.74) is 1.17. The molecule has 2 amide bonds. The summed E-state index contributed by atoms with van der Waals surface area (Å²) in [6.45, 7) is 2.75. The van der Waals surface area contributed by atoms with Crippen molar-refractivity contribution in [3.05, 3.63) is 23.9 Å². The molecule has 1 saturated carbocycles. The number of nitrogens with one attached hydrogen (secondary N) is 2. The van der Waals surface area contributed by atoms with Gasteiger partial charge in [0, 0.05) is 44.0 Å². The van der Waals surface area contributed by atoms with E-state index in [0.29, 0.717) is 11.9 Å². The van der Waals surface area contributed by atoms with Gasteiger partial charge in [0.1, 0.15) is 0 Å². The molecular formula is C17H26N4O2. The minimum Gasteiger partial charge on any atom is -0.481 e. The van der Waals surface area contributed by atoms with Crippen molar-refractivity contribution in [2.75, 3.05) is 20.2 Å². The second-order valence-electron chi connectivity index (χ2n) is 6.53. The van der Waals surface area contributed by atoms with Gasteiger partial charge in [-0.1, -0.05) is 18.9 Å². The average Bonchev–Trinajstić information content (AvgIpc) is 3.20. The molecule has 0 spiro atoms. The van der Waals surface area contributed by atoms with Crippen LogP contribution in [0.3, 0.4) is 0 Å². The predicted molar refractivity (Wildman–Crippen MR) is 88.4 cm³/mol. The highest BCUT2D eigenvalue weighted by Gasteiger charge is 2.25. The SMILES string of the molecule is COc1ccc(CN2CCC(NC(=O)NC3CCCC3)C2)cn1. The second-order valence-corrected chi connectivity index (χ2v) is 6.53. The lowest BCUT2D eigenvalue weighted by Crippen LogP contribution is -2.46. The lowest BCUT2D eigenvalue weighted by atomic mass is 10.2. The number of urea groups is 1. The number of carbonyl (C=O) groups excluding carboxylic acids is 1. The highest BCUT2D eigenvalue weighted by Crippen LogP contribution is 2.18. The third-order valence-corrected chi connectivity index (χ3v) is 4.71. The molecule has 1 aliphatic heterocycles. The fourth-order valence-electron chi connectivity index (χ4n) is 3.46. The van der Waals surface area contributed by atoms with E-state index in [1.807, 2.05) is 18.3 Å². The largest absolute Gasteiger partial charge is 0.481 e. The van der Waals surface area contributed by atoms with Crippen LogP contribution >= 0.6 is 0 Å². The molecule has 126 valence electrons. The number of ether oxygens (including phenoxy) is 1. The van der Waals surface area contributed by atoms with Gasteiger partial charge in [-0.05, 0) is 24.8 Å². The molecule has 1 saturated heterocycles. The van der Waals surface area contributed by atoms with Crippen molar-refractivity contribution in [2.45, 2.75) is 50.7 Å². The third-order valence-electron chi connectivity index (χ3n) is 4.71. The number of hydrogen-bond acceptors (Lipinski definition) is 4. The van der Waals surface area contributed by atoms with Crippen LogP contribution in [0.25, 0.3) is 0 Å². The summed E-state index contributed by atoms with van der Waals surface area (Å²) in [6, 6.07) is 4.53. The molecular weight excluding hydrogens is 292 g/mol. The Balaban J connectivity index is 1.41. The zero-order valence-electron chi connectivity index (χ0n) is 13.8. The fourth-order valence-corrected chi connectivity index (χ4v) is 3.46. The first-order valence-electron chi connectivity index (χ1n) is 8.51. The number of rotatable bonds is 5. The van der Waals surface area contributed by atoms with Crippen molar-refractivity contribution in [2.24, 2.45) is 0 Å². The first-order chi connectivity index (χ1) is 11.2. The molecule has 1 atom stereocenters. The van der Waals surface area contributed by atoms with Crippen LogP contribution in [-0.4, -0.2) is 48.2 Å². The molecule has 2 heterocycles. The molecule has 1 unspecified atom stereocenters. The van der Waals surface area contributed by atoms with E-state index in [0.717, 1.165) is 38.9 Å². The van der Waals surface area contributed by atoms with Crippen LogP contribution in [0.5, 0.6) is 5.88 Å². The highest BCUT2D eigenvalue weighted by atomic mass is 16.5. The Bertz CT molecular complexity index is 514. The molecule has 3 rings (SSSR count). The smallest absolute Gasteiger partial charge is 0.315 e. The number of methoxy groups -OCH3 is 1. The first-order valence-corrected chi connectivity index (χ1v) is 8.51. The quantitative estimate of drug-likeness (QED) is 0.870. The molecule has 23 heavy (non-hydrogen) atoms.